The molecule has 2 aromatic carbocycles. The number of benzene rings is 2. The van der Waals surface area contributed by atoms with Crippen molar-refractivity contribution in [2.75, 3.05) is 16.8 Å². The molecule has 4 rings (SSSR count). The van der Waals surface area contributed by atoms with Gasteiger partial charge in [0.25, 0.3) is 11.8 Å². The summed E-state index contributed by atoms with van der Waals surface area (Å²) in [5.74, 6) is -4.15. The van der Waals surface area contributed by atoms with Crippen LogP contribution in [-0.4, -0.2) is 41.4 Å². The van der Waals surface area contributed by atoms with Gasteiger partial charge in [0, 0.05) is 11.8 Å². The zero-order valence-corrected chi connectivity index (χ0v) is 14.3. The molecule has 0 aromatic heterocycles. The van der Waals surface area contributed by atoms with Gasteiger partial charge >= 0.3 is 0 Å². The van der Waals surface area contributed by atoms with E-state index in [0.29, 0.717) is 5.69 Å². The maximum Gasteiger partial charge on any atom is 0.263 e. The number of hydrogen-bond acceptors (Lipinski definition) is 6. The smallest absolute Gasteiger partial charge is 0.263 e. The van der Waals surface area contributed by atoms with Gasteiger partial charge in [-0.05, 0) is 24.3 Å². The molecule has 1 fully saturated rings. The Balaban J connectivity index is 1.51. The Morgan fingerprint density at radius 3 is 2.50 bits per heavy atom. The summed E-state index contributed by atoms with van der Waals surface area (Å²) in [6.07, 6.45) is 0. The Morgan fingerprint density at radius 1 is 1.04 bits per heavy atom. The van der Waals surface area contributed by atoms with E-state index in [2.05, 4.69) is 15.7 Å². The number of para-hydroxylation sites is 1. The molecular weight excluding hydrogens is 372 g/mol. The second kappa shape index (κ2) is 6.80. The van der Waals surface area contributed by atoms with Crippen LogP contribution < -0.4 is 10.2 Å². The quantitative estimate of drug-likeness (QED) is 0.814. The zero-order chi connectivity index (χ0) is 19.8. The first kappa shape index (κ1) is 17.7. The van der Waals surface area contributed by atoms with Crippen molar-refractivity contribution < 1.29 is 23.2 Å². The molecule has 8 nitrogen and oxygen atoms in total. The van der Waals surface area contributed by atoms with E-state index >= 15 is 0 Å². The zero-order valence-electron chi connectivity index (χ0n) is 14.3. The number of halogens is 2. The van der Waals surface area contributed by atoms with E-state index in [9.17, 15) is 23.2 Å². The Bertz CT molecular complexity index is 998. The maximum atomic E-state index is 13.5. The molecular formula is C18H13F2N5O3. The standard InChI is InChI=1S/C18H13F2N5O3/c19-12-7-6-11(8-13(12)20)25-17(27)15-16(18(25)28)24(23-22-15)9-14(26)21-10-4-2-1-3-5-10/h1-8,15-16H,9H2,(H,21,26)/t15-,16-/m1/s1. The van der Waals surface area contributed by atoms with Crippen LogP contribution in [0.15, 0.2) is 58.9 Å². The van der Waals surface area contributed by atoms with Gasteiger partial charge in [0.15, 0.2) is 23.7 Å². The van der Waals surface area contributed by atoms with Crippen LogP contribution in [0.5, 0.6) is 0 Å². The monoisotopic (exact) mass is 385 g/mol. The van der Waals surface area contributed by atoms with Crippen molar-refractivity contribution in [3.05, 3.63) is 60.2 Å². The van der Waals surface area contributed by atoms with E-state index in [1.807, 2.05) is 0 Å². The predicted octanol–water partition coefficient (Wildman–Crippen LogP) is 1.90. The van der Waals surface area contributed by atoms with E-state index in [0.717, 1.165) is 28.1 Å². The number of hydrogen-bond donors (Lipinski definition) is 1. The molecule has 1 N–H and O–H groups in total. The Hall–Kier alpha value is -3.69. The van der Waals surface area contributed by atoms with E-state index in [1.54, 1.807) is 30.3 Å². The first-order chi connectivity index (χ1) is 13.5. The molecule has 0 aliphatic carbocycles. The number of fused-ring (bicyclic) bond motifs is 1. The van der Waals surface area contributed by atoms with Crippen LogP contribution in [0, 0.1) is 11.6 Å². The lowest BCUT2D eigenvalue weighted by Crippen LogP contribution is -2.43. The fourth-order valence-electron chi connectivity index (χ4n) is 3.10. The fourth-order valence-corrected chi connectivity index (χ4v) is 3.10. The highest BCUT2D eigenvalue weighted by molar-refractivity contribution is 6.25. The molecule has 2 aromatic rings. The molecule has 1 saturated heterocycles. The summed E-state index contributed by atoms with van der Waals surface area (Å²) >= 11 is 0. The maximum absolute atomic E-state index is 13.5. The third kappa shape index (κ3) is 2.98. The topological polar surface area (TPSA) is 94.4 Å². The van der Waals surface area contributed by atoms with Gasteiger partial charge < -0.3 is 5.32 Å². The number of anilines is 2. The van der Waals surface area contributed by atoms with Gasteiger partial charge in [-0.1, -0.05) is 23.4 Å². The summed E-state index contributed by atoms with van der Waals surface area (Å²) < 4.78 is 26.6. The molecule has 0 radical (unpaired) electrons. The van der Waals surface area contributed by atoms with Crippen molar-refractivity contribution in [3.63, 3.8) is 0 Å². The largest absolute Gasteiger partial charge is 0.324 e. The number of nitrogens with zero attached hydrogens (tertiary/aromatic N) is 4. The predicted molar refractivity (Wildman–Crippen MR) is 93.1 cm³/mol. The molecule has 28 heavy (non-hydrogen) atoms. The van der Waals surface area contributed by atoms with Gasteiger partial charge in [-0.25, -0.2) is 13.7 Å². The third-order valence-corrected chi connectivity index (χ3v) is 4.38. The van der Waals surface area contributed by atoms with Crippen molar-refractivity contribution in [2.24, 2.45) is 10.3 Å². The van der Waals surface area contributed by atoms with Crippen molar-refractivity contribution in [3.8, 4) is 0 Å². The van der Waals surface area contributed by atoms with Crippen LogP contribution in [0.25, 0.3) is 0 Å². The average molecular weight is 385 g/mol. The molecule has 0 saturated carbocycles. The summed E-state index contributed by atoms with van der Waals surface area (Å²) in [5, 5.41) is 11.3. The van der Waals surface area contributed by atoms with Gasteiger partial charge in [-0.15, -0.1) is 0 Å². The molecule has 0 bridgehead atoms. The summed E-state index contributed by atoms with van der Waals surface area (Å²) in [4.78, 5) is 38.2. The SMILES string of the molecule is O=C(CN1N=N[C@H]2C(=O)N(c3ccc(F)c(F)c3)C(=O)[C@@H]21)Nc1ccccc1. The van der Waals surface area contributed by atoms with E-state index < -0.39 is 41.4 Å². The van der Waals surface area contributed by atoms with Crippen LogP contribution in [0.3, 0.4) is 0 Å². The first-order valence-electron chi connectivity index (χ1n) is 8.31. The molecule has 2 heterocycles. The normalized spacial score (nSPS) is 20.6. The van der Waals surface area contributed by atoms with Crippen molar-refractivity contribution >= 4 is 29.1 Å². The Labute approximate surface area is 157 Å². The van der Waals surface area contributed by atoms with Crippen molar-refractivity contribution in [2.45, 2.75) is 12.1 Å². The third-order valence-electron chi connectivity index (χ3n) is 4.38. The molecule has 0 spiro atoms. The number of imide groups is 1. The van der Waals surface area contributed by atoms with Gasteiger partial charge in [0.1, 0.15) is 6.54 Å². The number of carbonyl (C=O) groups is 3. The number of nitrogens with one attached hydrogen (secondary N) is 1. The van der Waals surface area contributed by atoms with Crippen LogP contribution in [-0.2, 0) is 14.4 Å². The lowest BCUT2D eigenvalue weighted by molar-refractivity contribution is -0.123. The lowest BCUT2D eigenvalue weighted by Gasteiger charge is -2.20. The summed E-state index contributed by atoms with van der Waals surface area (Å²) in [6, 6.07) is 9.15. The summed E-state index contributed by atoms with van der Waals surface area (Å²) in [6.45, 7) is -0.301. The van der Waals surface area contributed by atoms with Crippen LogP contribution in [0.2, 0.25) is 0 Å². The molecule has 3 amide bonds. The van der Waals surface area contributed by atoms with E-state index in [1.165, 1.54) is 0 Å². The number of rotatable bonds is 4. The van der Waals surface area contributed by atoms with Gasteiger partial charge in [-0.3, -0.25) is 19.4 Å². The van der Waals surface area contributed by atoms with Gasteiger partial charge in [-0.2, -0.15) is 5.11 Å². The molecule has 10 heteroatoms. The minimum absolute atomic E-state index is 0.104. The first-order valence-corrected chi connectivity index (χ1v) is 8.31. The van der Waals surface area contributed by atoms with Crippen molar-refractivity contribution in [1.82, 2.24) is 5.01 Å². The number of amides is 3. The number of carbonyl (C=O) groups excluding carboxylic acids is 3. The van der Waals surface area contributed by atoms with Gasteiger partial charge in [0.2, 0.25) is 5.91 Å². The lowest BCUT2D eigenvalue weighted by atomic mass is 10.1. The summed E-state index contributed by atoms with van der Waals surface area (Å²) in [7, 11) is 0. The minimum atomic E-state index is -1.18. The van der Waals surface area contributed by atoms with Crippen LogP contribution in [0.4, 0.5) is 20.2 Å². The van der Waals surface area contributed by atoms with Crippen molar-refractivity contribution in [1.29, 1.82) is 0 Å². The Morgan fingerprint density at radius 2 is 1.79 bits per heavy atom. The van der Waals surface area contributed by atoms with Gasteiger partial charge in [0.05, 0.1) is 5.69 Å². The second-order valence-corrected chi connectivity index (χ2v) is 6.22. The fraction of sp³-hybridized carbons (Fsp3) is 0.167. The Kier molecular flexibility index (Phi) is 4.30. The highest BCUT2D eigenvalue weighted by atomic mass is 19.2. The minimum Gasteiger partial charge on any atom is -0.324 e. The molecule has 2 aliphatic heterocycles. The second-order valence-electron chi connectivity index (χ2n) is 6.22. The van der Waals surface area contributed by atoms with Crippen LogP contribution in [0.1, 0.15) is 0 Å². The average Bonchev–Trinajstić information content (AvgIpc) is 3.18. The highest BCUT2D eigenvalue weighted by Gasteiger charge is 2.55. The molecule has 142 valence electrons. The molecule has 0 unspecified atom stereocenters. The van der Waals surface area contributed by atoms with E-state index in [4.69, 9.17) is 0 Å². The molecule has 2 aliphatic rings. The summed E-state index contributed by atoms with van der Waals surface area (Å²) in [5.41, 5.74) is 0.463. The molecule has 2 atom stereocenters. The van der Waals surface area contributed by atoms with Crippen LogP contribution >= 0.6 is 0 Å². The highest BCUT2D eigenvalue weighted by Crippen LogP contribution is 2.32. The van der Waals surface area contributed by atoms with E-state index in [-0.39, 0.29) is 12.2 Å².